The second-order valence-corrected chi connectivity index (χ2v) is 7.79. The van der Waals surface area contributed by atoms with Crippen LogP contribution < -0.4 is 10.9 Å². The van der Waals surface area contributed by atoms with Crippen LogP contribution >= 0.6 is 0 Å². The second kappa shape index (κ2) is 6.95. The fourth-order valence-corrected chi connectivity index (χ4v) is 3.11. The normalized spacial score (nSPS) is 11.8. The minimum Gasteiger partial charge on any atom is -0.352 e. The Kier molecular flexibility index (Phi) is 4.46. The number of anilines is 1. The molecule has 4 aromatic rings. The average molecular weight is 377 g/mol. The van der Waals surface area contributed by atoms with Gasteiger partial charge in [-0.1, -0.05) is 24.3 Å². The van der Waals surface area contributed by atoms with Crippen molar-refractivity contribution in [2.45, 2.75) is 39.4 Å². The number of nitrogens with one attached hydrogen (secondary N) is 2. The Labute approximate surface area is 162 Å². The van der Waals surface area contributed by atoms with Crippen molar-refractivity contribution in [3.63, 3.8) is 0 Å². The molecule has 0 bridgehead atoms. The summed E-state index contributed by atoms with van der Waals surface area (Å²) < 4.78 is 3.79. The van der Waals surface area contributed by atoms with Crippen molar-refractivity contribution in [2.75, 3.05) is 5.32 Å². The summed E-state index contributed by atoms with van der Waals surface area (Å²) in [5, 5.41) is 8.04. The van der Waals surface area contributed by atoms with Crippen LogP contribution in [0.1, 0.15) is 31.9 Å². The van der Waals surface area contributed by atoms with Gasteiger partial charge in [0.1, 0.15) is 5.39 Å². The van der Waals surface area contributed by atoms with Gasteiger partial charge in [0.2, 0.25) is 5.95 Å². The molecule has 0 aliphatic carbocycles. The summed E-state index contributed by atoms with van der Waals surface area (Å²) in [5.74, 6) is 0.434. The average Bonchev–Trinajstić information content (AvgIpc) is 3.29. The van der Waals surface area contributed by atoms with Crippen LogP contribution in [0.4, 0.5) is 5.95 Å². The molecule has 0 saturated heterocycles. The van der Waals surface area contributed by atoms with E-state index in [0.717, 1.165) is 12.1 Å². The van der Waals surface area contributed by atoms with Crippen molar-refractivity contribution in [1.82, 2.24) is 29.3 Å². The van der Waals surface area contributed by atoms with Crippen molar-refractivity contribution in [1.29, 1.82) is 0 Å². The number of imidazole rings is 1. The number of fused-ring (bicyclic) bond motifs is 1. The van der Waals surface area contributed by atoms with E-state index in [1.165, 1.54) is 5.56 Å². The van der Waals surface area contributed by atoms with Gasteiger partial charge in [-0.3, -0.25) is 9.78 Å². The highest BCUT2D eigenvalue weighted by molar-refractivity contribution is 5.74. The fraction of sp³-hybridized carbons (Fsp3) is 0.300. The molecule has 28 heavy (non-hydrogen) atoms. The first-order valence-corrected chi connectivity index (χ1v) is 9.16. The first kappa shape index (κ1) is 18.0. The van der Waals surface area contributed by atoms with Crippen LogP contribution in [0, 0.1) is 0 Å². The number of nitrogens with zero attached hydrogens (tertiary/aromatic N) is 5. The van der Waals surface area contributed by atoms with E-state index >= 15 is 0 Å². The second-order valence-electron chi connectivity index (χ2n) is 7.79. The molecule has 0 spiro atoms. The SMILES string of the molecule is CC(C)(C)n1ncc2c(=O)[nH]c(NCc3cccc(Cn4ccnc4)c3)nc21. The molecule has 0 aliphatic heterocycles. The van der Waals surface area contributed by atoms with Gasteiger partial charge in [-0.25, -0.2) is 9.67 Å². The van der Waals surface area contributed by atoms with Gasteiger partial charge in [-0.2, -0.15) is 10.1 Å². The predicted octanol–water partition coefficient (Wildman–Crippen LogP) is 2.73. The highest BCUT2D eigenvalue weighted by atomic mass is 16.1. The molecular formula is C20H23N7O. The molecule has 0 amide bonds. The van der Waals surface area contributed by atoms with E-state index in [1.54, 1.807) is 23.4 Å². The minimum absolute atomic E-state index is 0.197. The summed E-state index contributed by atoms with van der Waals surface area (Å²) in [6.07, 6.45) is 7.07. The van der Waals surface area contributed by atoms with Crippen molar-refractivity contribution in [2.24, 2.45) is 0 Å². The van der Waals surface area contributed by atoms with Gasteiger partial charge in [-0.15, -0.1) is 0 Å². The van der Waals surface area contributed by atoms with E-state index in [2.05, 4.69) is 37.5 Å². The van der Waals surface area contributed by atoms with Crippen molar-refractivity contribution >= 4 is 17.0 Å². The van der Waals surface area contributed by atoms with E-state index in [-0.39, 0.29) is 11.1 Å². The lowest BCUT2D eigenvalue weighted by molar-refractivity contribution is 0.366. The molecule has 8 nitrogen and oxygen atoms in total. The van der Waals surface area contributed by atoms with Crippen LogP contribution in [-0.4, -0.2) is 29.3 Å². The highest BCUT2D eigenvalue weighted by Crippen LogP contribution is 2.19. The molecule has 3 aromatic heterocycles. The lowest BCUT2D eigenvalue weighted by atomic mass is 10.1. The molecule has 0 fully saturated rings. The third-order valence-electron chi connectivity index (χ3n) is 4.45. The summed E-state index contributed by atoms with van der Waals surface area (Å²) >= 11 is 0. The van der Waals surface area contributed by atoms with Crippen molar-refractivity contribution in [3.8, 4) is 0 Å². The maximum atomic E-state index is 12.4. The number of H-pyrrole nitrogens is 1. The zero-order valence-corrected chi connectivity index (χ0v) is 16.2. The van der Waals surface area contributed by atoms with Crippen LogP contribution in [0.2, 0.25) is 0 Å². The van der Waals surface area contributed by atoms with Crippen LogP contribution in [0.25, 0.3) is 11.0 Å². The van der Waals surface area contributed by atoms with E-state index in [4.69, 9.17) is 0 Å². The van der Waals surface area contributed by atoms with Gasteiger partial charge in [0, 0.05) is 25.5 Å². The lowest BCUT2D eigenvalue weighted by Gasteiger charge is -2.19. The van der Waals surface area contributed by atoms with Gasteiger partial charge in [0.25, 0.3) is 5.56 Å². The standard InChI is InChI=1S/C20H23N7O/c1-20(2,3)27-17-16(11-23-27)18(28)25-19(24-17)22-10-14-5-4-6-15(9-14)12-26-8-7-21-13-26/h4-9,11,13H,10,12H2,1-3H3,(H2,22,24,25,28). The lowest BCUT2D eigenvalue weighted by Crippen LogP contribution is -2.24. The minimum atomic E-state index is -0.262. The van der Waals surface area contributed by atoms with Crippen LogP contribution in [0.3, 0.4) is 0 Å². The maximum absolute atomic E-state index is 12.4. The molecule has 0 aliphatic rings. The summed E-state index contributed by atoms with van der Waals surface area (Å²) in [7, 11) is 0. The van der Waals surface area contributed by atoms with Crippen LogP contribution in [0.15, 0.2) is 54.0 Å². The van der Waals surface area contributed by atoms with Crippen LogP contribution in [0.5, 0.6) is 0 Å². The van der Waals surface area contributed by atoms with Crippen molar-refractivity contribution < 1.29 is 0 Å². The molecule has 3 heterocycles. The van der Waals surface area contributed by atoms with E-state index in [9.17, 15) is 4.79 Å². The topological polar surface area (TPSA) is 93.4 Å². The van der Waals surface area contributed by atoms with Gasteiger partial charge in [0.05, 0.1) is 18.1 Å². The third kappa shape index (κ3) is 3.66. The molecule has 0 radical (unpaired) electrons. The zero-order valence-electron chi connectivity index (χ0n) is 16.2. The Bertz CT molecular complexity index is 1150. The third-order valence-corrected chi connectivity index (χ3v) is 4.45. The van der Waals surface area contributed by atoms with E-state index in [0.29, 0.717) is 23.5 Å². The number of aromatic amines is 1. The number of hydrogen-bond acceptors (Lipinski definition) is 5. The summed E-state index contributed by atoms with van der Waals surface area (Å²) in [5.41, 5.74) is 2.40. The highest BCUT2D eigenvalue weighted by Gasteiger charge is 2.19. The summed E-state index contributed by atoms with van der Waals surface area (Å²) in [6, 6.07) is 8.28. The Hall–Kier alpha value is -3.42. The zero-order chi connectivity index (χ0) is 19.7. The molecule has 0 saturated carbocycles. The molecule has 0 atom stereocenters. The maximum Gasteiger partial charge on any atom is 0.263 e. The molecule has 2 N–H and O–H groups in total. The monoisotopic (exact) mass is 377 g/mol. The predicted molar refractivity (Wildman–Crippen MR) is 108 cm³/mol. The number of benzene rings is 1. The number of aromatic nitrogens is 6. The Morgan fingerprint density at radius 1 is 1.21 bits per heavy atom. The van der Waals surface area contributed by atoms with Gasteiger partial charge >= 0.3 is 0 Å². The molecule has 1 aromatic carbocycles. The molecule has 0 unspecified atom stereocenters. The summed E-state index contributed by atoms with van der Waals surface area (Å²) in [6.45, 7) is 7.40. The first-order chi connectivity index (χ1) is 13.4. The Morgan fingerprint density at radius 2 is 2.04 bits per heavy atom. The number of hydrogen-bond donors (Lipinski definition) is 2. The van der Waals surface area contributed by atoms with Crippen LogP contribution in [-0.2, 0) is 18.6 Å². The first-order valence-electron chi connectivity index (χ1n) is 9.16. The van der Waals surface area contributed by atoms with Gasteiger partial charge in [0.15, 0.2) is 5.65 Å². The molecular weight excluding hydrogens is 354 g/mol. The van der Waals surface area contributed by atoms with E-state index < -0.39 is 0 Å². The fourth-order valence-electron chi connectivity index (χ4n) is 3.11. The molecule has 144 valence electrons. The Morgan fingerprint density at radius 3 is 2.79 bits per heavy atom. The van der Waals surface area contributed by atoms with Crippen molar-refractivity contribution in [3.05, 3.63) is 70.7 Å². The Balaban J connectivity index is 1.55. The largest absolute Gasteiger partial charge is 0.352 e. The smallest absolute Gasteiger partial charge is 0.263 e. The summed E-state index contributed by atoms with van der Waals surface area (Å²) in [4.78, 5) is 23.8. The molecule has 4 rings (SSSR count). The quantitative estimate of drug-likeness (QED) is 0.558. The molecule has 8 heteroatoms. The van der Waals surface area contributed by atoms with E-state index in [1.807, 2.05) is 43.7 Å². The van der Waals surface area contributed by atoms with Gasteiger partial charge < -0.3 is 9.88 Å². The van der Waals surface area contributed by atoms with Gasteiger partial charge in [-0.05, 0) is 31.9 Å². The number of rotatable bonds is 5.